The second-order valence-electron chi connectivity index (χ2n) is 3.61. The van der Waals surface area contributed by atoms with Gasteiger partial charge in [0.25, 0.3) is 0 Å². The molecule has 1 fully saturated rings. The van der Waals surface area contributed by atoms with Gasteiger partial charge >= 0.3 is 0 Å². The van der Waals surface area contributed by atoms with Gasteiger partial charge in [-0.1, -0.05) is 0 Å². The van der Waals surface area contributed by atoms with Gasteiger partial charge < -0.3 is 10.2 Å². The SMILES string of the molecule is C[C@@H]1CN(c2ncccc2F)CCN1. The van der Waals surface area contributed by atoms with Crippen LogP contribution in [-0.2, 0) is 0 Å². The second kappa shape index (κ2) is 3.92. The molecule has 0 bridgehead atoms. The Morgan fingerprint density at radius 3 is 3.21 bits per heavy atom. The highest BCUT2D eigenvalue weighted by molar-refractivity contribution is 5.40. The van der Waals surface area contributed by atoms with Gasteiger partial charge in [-0.15, -0.1) is 0 Å². The number of rotatable bonds is 1. The molecular formula is C10H14FN3. The third kappa shape index (κ3) is 1.85. The van der Waals surface area contributed by atoms with Gasteiger partial charge in [0.2, 0.25) is 0 Å². The van der Waals surface area contributed by atoms with Crippen molar-refractivity contribution in [1.82, 2.24) is 10.3 Å². The number of piperazine rings is 1. The summed E-state index contributed by atoms with van der Waals surface area (Å²) in [5.41, 5.74) is 0. The molecule has 1 aliphatic heterocycles. The van der Waals surface area contributed by atoms with Crippen LogP contribution >= 0.6 is 0 Å². The Kier molecular flexibility index (Phi) is 2.63. The molecule has 0 aromatic carbocycles. The fraction of sp³-hybridized carbons (Fsp3) is 0.500. The van der Waals surface area contributed by atoms with Crippen LogP contribution in [0.1, 0.15) is 6.92 Å². The molecule has 1 aromatic heterocycles. The molecule has 1 aromatic rings. The average molecular weight is 195 g/mol. The zero-order valence-electron chi connectivity index (χ0n) is 8.20. The summed E-state index contributed by atoms with van der Waals surface area (Å²) in [6.45, 7) is 4.61. The number of hydrogen-bond donors (Lipinski definition) is 1. The quantitative estimate of drug-likeness (QED) is 0.725. The number of pyridine rings is 1. The monoisotopic (exact) mass is 195 g/mol. The molecule has 1 aliphatic rings. The molecule has 2 rings (SSSR count). The van der Waals surface area contributed by atoms with Gasteiger partial charge in [0, 0.05) is 31.9 Å². The number of aromatic nitrogens is 1. The molecule has 0 radical (unpaired) electrons. The van der Waals surface area contributed by atoms with Crippen molar-refractivity contribution in [3.05, 3.63) is 24.1 Å². The summed E-state index contributed by atoms with van der Waals surface area (Å²) in [4.78, 5) is 6.04. The third-order valence-electron chi connectivity index (χ3n) is 2.41. The van der Waals surface area contributed by atoms with Gasteiger partial charge in [-0.05, 0) is 19.1 Å². The first kappa shape index (κ1) is 9.40. The molecule has 0 amide bonds. The highest BCUT2D eigenvalue weighted by Crippen LogP contribution is 2.16. The van der Waals surface area contributed by atoms with E-state index < -0.39 is 0 Å². The summed E-state index contributed by atoms with van der Waals surface area (Å²) in [7, 11) is 0. The number of nitrogens with one attached hydrogen (secondary N) is 1. The highest BCUT2D eigenvalue weighted by Gasteiger charge is 2.18. The van der Waals surface area contributed by atoms with Crippen LogP contribution in [0.3, 0.4) is 0 Å². The van der Waals surface area contributed by atoms with Crippen molar-refractivity contribution in [2.24, 2.45) is 0 Å². The topological polar surface area (TPSA) is 28.2 Å². The maximum atomic E-state index is 13.4. The zero-order valence-corrected chi connectivity index (χ0v) is 8.20. The average Bonchev–Trinajstić information content (AvgIpc) is 2.18. The molecule has 1 saturated heterocycles. The number of nitrogens with zero attached hydrogens (tertiary/aromatic N) is 2. The van der Waals surface area contributed by atoms with E-state index in [1.165, 1.54) is 6.07 Å². The lowest BCUT2D eigenvalue weighted by Gasteiger charge is -2.32. The van der Waals surface area contributed by atoms with Crippen molar-refractivity contribution < 1.29 is 4.39 Å². The van der Waals surface area contributed by atoms with Crippen LogP contribution in [0, 0.1) is 5.82 Å². The van der Waals surface area contributed by atoms with Gasteiger partial charge in [-0.2, -0.15) is 0 Å². The van der Waals surface area contributed by atoms with Gasteiger partial charge in [0.1, 0.15) is 0 Å². The predicted octanol–water partition coefficient (Wildman–Crippen LogP) is 1.02. The summed E-state index contributed by atoms with van der Waals surface area (Å²) < 4.78 is 13.4. The lowest BCUT2D eigenvalue weighted by molar-refractivity contribution is 0.475. The van der Waals surface area contributed by atoms with Gasteiger partial charge in [0.15, 0.2) is 11.6 Å². The maximum Gasteiger partial charge on any atom is 0.165 e. The first-order valence-electron chi connectivity index (χ1n) is 4.86. The minimum atomic E-state index is -0.235. The molecule has 14 heavy (non-hydrogen) atoms. The van der Waals surface area contributed by atoms with Crippen molar-refractivity contribution in [2.45, 2.75) is 13.0 Å². The Labute approximate surface area is 82.9 Å². The molecule has 2 heterocycles. The van der Waals surface area contributed by atoms with E-state index in [0.29, 0.717) is 11.9 Å². The molecule has 76 valence electrons. The van der Waals surface area contributed by atoms with Crippen LogP contribution in [0.4, 0.5) is 10.2 Å². The highest BCUT2D eigenvalue weighted by atomic mass is 19.1. The molecule has 0 aliphatic carbocycles. The fourth-order valence-electron chi connectivity index (χ4n) is 1.73. The summed E-state index contributed by atoms with van der Waals surface area (Å²) >= 11 is 0. The summed E-state index contributed by atoms with van der Waals surface area (Å²) in [6.07, 6.45) is 1.63. The standard InChI is InChI=1S/C10H14FN3/c1-8-7-14(6-5-12-8)10-9(11)3-2-4-13-10/h2-4,8,12H,5-7H2,1H3/t8-/m1/s1. The minimum Gasteiger partial charge on any atom is -0.351 e. The molecule has 0 saturated carbocycles. The van der Waals surface area contributed by atoms with Gasteiger partial charge in [-0.3, -0.25) is 0 Å². The van der Waals surface area contributed by atoms with Crippen LogP contribution in [0.5, 0.6) is 0 Å². The van der Waals surface area contributed by atoms with Crippen molar-refractivity contribution in [1.29, 1.82) is 0 Å². The van der Waals surface area contributed by atoms with Crippen LogP contribution in [0.25, 0.3) is 0 Å². The Hall–Kier alpha value is -1.16. The Balaban J connectivity index is 2.18. The van der Waals surface area contributed by atoms with E-state index >= 15 is 0 Å². The van der Waals surface area contributed by atoms with Gasteiger partial charge in [-0.25, -0.2) is 9.37 Å². The Morgan fingerprint density at radius 2 is 2.50 bits per heavy atom. The van der Waals surface area contributed by atoms with E-state index in [1.807, 2.05) is 4.90 Å². The number of anilines is 1. The molecule has 0 unspecified atom stereocenters. The first-order chi connectivity index (χ1) is 6.77. The van der Waals surface area contributed by atoms with Crippen molar-refractivity contribution in [3.8, 4) is 0 Å². The van der Waals surface area contributed by atoms with Crippen molar-refractivity contribution >= 4 is 5.82 Å². The predicted molar refractivity (Wildman–Crippen MR) is 53.9 cm³/mol. The first-order valence-corrected chi connectivity index (χ1v) is 4.86. The van der Waals surface area contributed by atoms with Gasteiger partial charge in [0.05, 0.1) is 0 Å². The largest absolute Gasteiger partial charge is 0.351 e. The Morgan fingerprint density at radius 1 is 1.64 bits per heavy atom. The third-order valence-corrected chi connectivity index (χ3v) is 2.41. The summed E-state index contributed by atoms with van der Waals surface area (Å²) in [5.74, 6) is 0.238. The van der Waals surface area contributed by atoms with E-state index in [4.69, 9.17) is 0 Å². The molecule has 0 spiro atoms. The van der Waals surface area contributed by atoms with Crippen LogP contribution in [0.15, 0.2) is 18.3 Å². The molecule has 3 nitrogen and oxygen atoms in total. The number of hydrogen-bond acceptors (Lipinski definition) is 3. The van der Waals surface area contributed by atoms with E-state index in [2.05, 4.69) is 17.2 Å². The summed E-state index contributed by atoms with van der Waals surface area (Å²) in [5, 5.41) is 3.31. The lowest BCUT2D eigenvalue weighted by atomic mass is 10.2. The van der Waals surface area contributed by atoms with E-state index in [9.17, 15) is 4.39 Å². The van der Waals surface area contributed by atoms with Crippen LogP contribution < -0.4 is 10.2 Å². The lowest BCUT2D eigenvalue weighted by Crippen LogP contribution is -2.49. The smallest absolute Gasteiger partial charge is 0.165 e. The second-order valence-corrected chi connectivity index (χ2v) is 3.61. The molecule has 4 heteroatoms. The molecule has 1 atom stereocenters. The van der Waals surface area contributed by atoms with Crippen LogP contribution in [0.2, 0.25) is 0 Å². The van der Waals surface area contributed by atoms with E-state index in [-0.39, 0.29) is 5.82 Å². The molecular weight excluding hydrogens is 181 g/mol. The van der Waals surface area contributed by atoms with Crippen molar-refractivity contribution in [2.75, 3.05) is 24.5 Å². The minimum absolute atomic E-state index is 0.235. The van der Waals surface area contributed by atoms with E-state index in [0.717, 1.165) is 19.6 Å². The number of halogens is 1. The zero-order chi connectivity index (χ0) is 9.97. The normalized spacial score (nSPS) is 22.4. The summed E-state index contributed by atoms with van der Waals surface area (Å²) in [6, 6.07) is 3.46. The van der Waals surface area contributed by atoms with Crippen molar-refractivity contribution in [3.63, 3.8) is 0 Å². The molecule has 1 N–H and O–H groups in total. The Bertz CT molecular complexity index is 316. The van der Waals surface area contributed by atoms with Crippen LogP contribution in [-0.4, -0.2) is 30.7 Å². The van der Waals surface area contributed by atoms with E-state index in [1.54, 1.807) is 12.3 Å². The fourth-order valence-corrected chi connectivity index (χ4v) is 1.73. The maximum absolute atomic E-state index is 13.4.